The van der Waals surface area contributed by atoms with Gasteiger partial charge >= 0.3 is 5.97 Å². The van der Waals surface area contributed by atoms with Crippen molar-refractivity contribution in [3.63, 3.8) is 0 Å². The van der Waals surface area contributed by atoms with Gasteiger partial charge in [-0.05, 0) is 30.0 Å². The molecule has 30 heavy (non-hydrogen) atoms. The summed E-state index contributed by atoms with van der Waals surface area (Å²) in [4.78, 5) is 15.2. The molecule has 0 saturated heterocycles. The zero-order valence-corrected chi connectivity index (χ0v) is 18.0. The molecule has 0 aliphatic rings. The van der Waals surface area contributed by atoms with Crippen LogP contribution >= 0.6 is 23.2 Å². The predicted octanol–water partition coefficient (Wildman–Crippen LogP) is 6.70. The molecule has 0 bridgehead atoms. The number of nitrogens with one attached hydrogen (secondary N) is 1. The lowest BCUT2D eigenvalue weighted by molar-refractivity contribution is -0.139. The molecule has 9 heteroatoms. The summed E-state index contributed by atoms with van der Waals surface area (Å²) in [5.41, 5.74) is 0.630. The number of aromatic hydroxyl groups is 1. The Morgan fingerprint density at radius 1 is 1.27 bits per heavy atom. The van der Waals surface area contributed by atoms with Crippen LogP contribution in [0.2, 0.25) is 10.0 Å². The van der Waals surface area contributed by atoms with Crippen molar-refractivity contribution in [2.75, 3.05) is 5.32 Å². The van der Waals surface area contributed by atoms with E-state index in [1.54, 1.807) is 13.0 Å². The van der Waals surface area contributed by atoms with Gasteiger partial charge in [-0.15, -0.1) is 0 Å². The monoisotopic (exact) mass is 460 g/mol. The minimum absolute atomic E-state index is 0. The minimum atomic E-state index is -1.12. The zero-order valence-electron chi connectivity index (χ0n) is 16.5. The van der Waals surface area contributed by atoms with Crippen molar-refractivity contribution in [2.24, 2.45) is 5.92 Å². The van der Waals surface area contributed by atoms with E-state index < -0.39 is 23.0 Å². The first kappa shape index (κ1) is 25.8. The number of phenolic OH excluding ortho intramolecular Hbond substituents is 1. The van der Waals surface area contributed by atoms with Crippen molar-refractivity contribution < 1.29 is 24.1 Å². The third-order valence-electron chi connectivity index (χ3n) is 4.61. The molecule has 2 rings (SSSR count). The molecule has 3 N–H and O–H groups in total. The number of carboxylic acids is 1. The molecule has 6 nitrogen and oxygen atoms in total. The van der Waals surface area contributed by atoms with Gasteiger partial charge in [0.2, 0.25) is 5.95 Å². The van der Waals surface area contributed by atoms with Gasteiger partial charge in [-0.2, -0.15) is 9.37 Å². The highest BCUT2D eigenvalue weighted by molar-refractivity contribution is 6.38. The number of hydrogen-bond acceptors (Lipinski definition) is 5. The third-order valence-corrected chi connectivity index (χ3v) is 5.29. The second-order valence-electron chi connectivity index (χ2n) is 7.03. The molecule has 1 heterocycles. The Morgan fingerprint density at radius 3 is 2.43 bits per heavy atom. The van der Waals surface area contributed by atoms with Crippen LogP contribution < -0.4 is 10.1 Å². The van der Waals surface area contributed by atoms with Crippen LogP contribution in [0.25, 0.3) is 0 Å². The van der Waals surface area contributed by atoms with E-state index in [1.165, 1.54) is 12.1 Å². The van der Waals surface area contributed by atoms with Gasteiger partial charge in [-0.25, -0.2) is 4.79 Å². The number of phenols is 1. The number of halogens is 3. The Bertz CT molecular complexity index is 909. The average Bonchev–Trinajstić information content (AvgIpc) is 2.67. The van der Waals surface area contributed by atoms with Gasteiger partial charge in [-0.1, -0.05) is 64.7 Å². The summed E-state index contributed by atoms with van der Waals surface area (Å²) in [6.45, 7) is 7.38. The topological polar surface area (TPSA) is 91.7 Å². The number of carbonyl (C=O) groups is 1. The quantitative estimate of drug-likeness (QED) is 0.379. The van der Waals surface area contributed by atoms with E-state index in [9.17, 15) is 19.4 Å². The number of nitrogens with zero attached hydrogens (tertiary/aromatic N) is 1. The van der Waals surface area contributed by atoms with Crippen LogP contribution in [0.15, 0.2) is 18.2 Å². The first-order valence-electron chi connectivity index (χ1n) is 9.11. The molecule has 0 spiro atoms. The molecular weight excluding hydrogens is 434 g/mol. The second-order valence-corrected chi connectivity index (χ2v) is 7.79. The van der Waals surface area contributed by atoms with E-state index in [2.05, 4.69) is 10.3 Å². The molecule has 0 saturated carbocycles. The second kappa shape index (κ2) is 10.7. The van der Waals surface area contributed by atoms with Crippen LogP contribution in [-0.4, -0.2) is 27.2 Å². The average molecular weight is 461 g/mol. The maximum Gasteiger partial charge on any atom is 0.326 e. The Balaban J connectivity index is 0.00000450. The lowest BCUT2D eigenvalue weighted by Crippen LogP contribution is -2.35. The van der Waals surface area contributed by atoms with Gasteiger partial charge in [-0.3, -0.25) is 0 Å². The molecule has 2 atom stereocenters. The SMILES string of the molecule is C.CC[C@H](C)[C@@H](Nc1nc(F)c(Cl)c(Oc2ccc(O)c(C(C)C)c2)c1Cl)C(=O)O. The van der Waals surface area contributed by atoms with E-state index in [1.807, 2.05) is 20.8 Å². The van der Waals surface area contributed by atoms with E-state index in [0.29, 0.717) is 12.0 Å². The highest BCUT2D eigenvalue weighted by Crippen LogP contribution is 2.42. The van der Waals surface area contributed by atoms with E-state index in [4.69, 9.17) is 27.9 Å². The summed E-state index contributed by atoms with van der Waals surface area (Å²) in [5.74, 6) is -2.41. The van der Waals surface area contributed by atoms with Gasteiger partial charge in [0, 0.05) is 5.56 Å². The molecule has 0 fully saturated rings. The molecular formula is C21H27Cl2FN2O4. The van der Waals surface area contributed by atoms with Crippen LogP contribution in [0.5, 0.6) is 17.2 Å². The zero-order chi connectivity index (χ0) is 21.9. The first-order chi connectivity index (χ1) is 13.6. The smallest absolute Gasteiger partial charge is 0.326 e. The number of anilines is 1. The van der Waals surface area contributed by atoms with Crippen molar-refractivity contribution in [1.29, 1.82) is 0 Å². The normalized spacial score (nSPS) is 12.8. The number of aliphatic carboxylic acids is 1. The van der Waals surface area contributed by atoms with Crippen LogP contribution in [0.1, 0.15) is 53.0 Å². The first-order valence-corrected chi connectivity index (χ1v) is 9.86. The van der Waals surface area contributed by atoms with Gasteiger partial charge in [0.25, 0.3) is 0 Å². The van der Waals surface area contributed by atoms with E-state index in [-0.39, 0.29) is 47.4 Å². The number of rotatable bonds is 8. The lowest BCUT2D eigenvalue weighted by atomic mass is 9.99. The van der Waals surface area contributed by atoms with Crippen LogP contribution in [0.4, 0.5) is 10.2 Å². The van der Waals surface area contributed by atoms with Crippen molar-refractivity contribution in [3.05, 3.63) is 39.8 Å². The largest absolute Gasteiger partial charge is 0.508 e. The molecule has 1 aromatic heterocycles. The van der Waals surface area contributed by atoms with Crippen LogP contribution in [0, 0.1) is 11.9 Å². The fourth-order valence-corrected chi connectivity index (χ4v) is 3.14. The van der Waals surface area contributed by atoms with Gasteiger partial charge in [0.05, 0.1) is 0 Å². The molecule has 0 amide bonds. The third kappa shape index (κ3) is 5.67. The van der Waals surface area contributed by atoms with E-state index in [0.717, 1.165) is 0 Å². The Kier molecular flexibility index (Phi) is 9.18. The maximum atomic E-state index is 14.3. The summed E-state index contributed by atoms with van der Waals surface area (Å²) in [5, 5.41) is 21.5. The molecule has 0 aliphatic heterocycles. The van der Waals surface area contributed by atoms with Gasteiger partial charge < -0.3 is 20.3 Å². The van der Waals surface area contributed by atoms with E-state index >= 15 is 0 Å². The Hall–Kier alpha value is -2.25. The number of carboxylic acid groups (broad SMARTS) is 1. The molecule has 2 aromatic rings. The minimum Gasteiger partial charge on any atom is -0.508 e. The predicted molar refractivity (Wildman–Crippen MR) is 118 cm³/mol. The highest BCUT2D eigenvalue weighted by atomic mass is 35.5. The molecule has 0 aliphatic carbocycles. The molecule has 1 aromatic carbocycles. The summed E-state index contributed by atoms with van der Waals surface area (Å²) in [7, 11) is 0. The Labute approximate surface area is 186 Å². The summed E-state index contributed by atoms with van der Waals surface area (Å²) >= 11 is 12.3. The number of aromatic nitrogens is 1. The number of benzene rings is 1. The lowest BCUT2D eigenvalue weighted by Gasteiger charge is -2.22. The molecule has 0 unspecified atom stereocenters. The maximum absolute atomic E-state index is 14.3. The fourth-order valence-electron chi connectivity index (χ4n) is 2.69. The number of ether oxygens (including phenoxy) is 1. The summed E-state index contributed by atoms with van der Waals surface area (Å²) in [6, 6.07) is 3.50. The summed E-state index contributed by atoms with van der Waals surface area (Å²) in [6.07, 6.45) is 0.576. The van der Waals surface area contributed by atoms with Gasteiger partial charge in [0.15, 0.2) is 11.6 Å². The van der Waals surface area contributed by atoms with Crippen molar-refractivity contribution in [3.8, 4) is 17.2 Å². The Morgan fingerprint density at radius 2 is 1.90 bits per heavy atom. The standard InChI is InChI=1S/C20H23Cl2FN2O4.CH4/c1-5-10(4)16(20(27)28)24-19-15(22)17(14(21)18(23)25-19)29-11-6-7-13(26)12(8-11)9(2)3;/h6-10,16,26H,5H2,1-4H3,(H,24,25)(H,27,28);1H4/t10-,16+;/m0./s1. The molecule has 166 valence electrons. The van der Waals surface area contributed by atoms with Crippen LogP contribution in [0.3, 0.4) is 0 Å². The summed E-state index contributed by atoms with van der Waals surface area (Å²) < 4.78 is 20.0. The number of pyridine rings is 1. The van der Waals surface area contributed by atoms with Crippen molar-refractivity contribution in [1.82, 2.24) is 4.98 Å². The van der Waals surface area contributed by atoms with Crippen molar-refractivity contribution >= 4 is 35.0 Å². The van der Waals surface area contributed by atoms with Gasteiger partial charge in [0.1, 0.15) is 27.6 Å². The fraction of sp³-hybridized carbons (Fsp3) is 0.429. The molecule has 0 radical (unpaired) electrons. The highest BCUT2D eigenvalue weighted by Gasteiger charge is 2.27. The van der Waals surface area contributed by atoms with Crippen molar-refractivity contribution in [2.45, 2.75) is 53.5 Å². The number of hydrogen-bond donors (Lipinski definition) is 3. The van der Waals surface area contributed by atoms with Crippen LogP contribution in [-0.2, 0) is 4.79 Å².